The summed E-state index contributed by atoms with van der Waals surface area (Å²) >= 11 is 5.74. The van der Waals surface area contributed by atoms with Gasteiger partial charge in [-0.05, 0) is 23.3 Å². The van der Waals surface area contributed by atoms with Crippen molar-refractivity contribution in [2.75, 3.05) is 0 Å². The van der Waals surface area contributed by atoms with Gasteiger partial charge in [0.25, 0.3) is 5.91 Å². The lowest BCUT2D eigenvalue weighted by Crippen LogP contribution is -2.22. The monoisotopic (exact) mass is 299 g/mol. The number of fused-ring (bicyclic) bond motifs is 1. The van der Waals surface area contributed by atoms with Crippen molar-refractivity contribution < 1.29 is 9.21 Å². The second-order valence-corrected chi connectivity index (χ2v) is 5.05. The number of rotatable bonds is 4. The highest BCUT2D eigenvalue weighted by Crippen LogP contribution is 2.18. The summed E-state index contributed by atoms with van der Waals surface area (Å²) < 4.78 is 5.53. The summed E-state index contributed by atoms with van der Waals surface area (Å²) in [6, 6.07) is 17.1. The Labute approximate surface area is 127 Å². The van der Waals surface area contributed by atoms with E-state index in [0.29, 0.717) is 23.8 Å². The van der Waals surface area contributed by atoms with Crippen LogP contribution in [0.4, 0.5) is 0 Å². The molecule has 2 aromatic carbocycles. The molecule has 1 amide bonds. The van der Waals surface area contributed by atoms with Crippen molar-refractivity contribution >= 4 is 28.5 Å². The molecular formula is C17H14ClNO2. The van der Waals surface area contributed by atoms with Crippen molar-refractivity contribution in [3.05, 3.63) is 71.5 Å². The first kappa shape index (κ1) is 13.7. The predicted octanol–water partition coefficient (Wildman–Crippen LogP) is 4.10. The topological polar surface area (TPSA) is 42.2 Å². The first-order valence-electron chi connectivity index (χ1n) is 6.67. The average molecular weight is 300 g/mol. The third-order valence-electron chi connectivity index (χ3n) is 3.28. The molecule has 0 aliphatic heterocycles. The Balaban J connectivity index is 1.68. The van der Waals surface area contributed by atoms with Crippen LogP contribution in [0.5, 0.6) is 0 Å². The van der Waals surface area contributed by atoms with Gasteiger partial charge in [-0.3, -0.25) is 4.79 Å². The summed E-state index contributed by atoms with van der Waals surface area (Å²) in [6.45, 7) is 0.457. The van der Waals surface area contributed by atoms with Crippen molar-refractivity contribution in [1.82, 2.24) is 5.32 Å². The lowest BCUT2D eigenvalue weighted by atomic mass is 10.1. The maximum absolute atomic E-state index is 12.1. The molecule has 106 valence electrons. The first-order chi connectivity index (χ1) is 10.3. The molecule has 0 saturated heterocycles. The molecule has 21 heavy (non-hydrogen) atoms. The number of carbonyl (C=O) groups excluding carboxylic acids is 1. The van der Waals surface area contributed by atoms with Crippen LogP contribution in [0.25, 0.3) is 11.0 Å². The van der Waals surface area contributed by atoms with Crippen LogP contribution in [0.2, 0.25) is 0 Å². The molecule has 4 heteroatoms. The minimum atomic E-state index is -0.215. The van der Waals surface area contributed by atoms with E-state index in [1.54, 1.807) is 6.07 Å². The number of amides is 1. The number of carbonyl (C=O) groups is 1. The van der Waals surface area contributed by atoms with Crippen molar-refractivity contribution in [2.24, 2.45) is 0 Å². The Morgan fingerprint density at radius 2 is 1.76 bits per heavy atom. The van der Waals surface area contributed by atoms with Gasteiger partial charge in [0, 0.05) is 17.8 Å². The van der Waals surface area contributed by atoms with E-state index >= 15 is 0 Å². The highest BCUT2D eigenvalue weighted by molar-refractivity contribution is 6.17. The molecule has 0 aliphatic rings. The van der Waals surface area contributed by atoms with E-state index < -0.39 is 0 Å². The number of furan rings is 1. The highest BCUT2D eigenvalue weighted by Gasteiger charge is 2.11. The van der Waals surface area contributed by atoms with E-state index in [2.05, 4.69) is 5.32 Å². The standard InChI is InChI=1S/C17H14ClNO2/c18-10-12-5-7-13(8-6-12)11-19-17(20)16-9-14-3-1-2-4-15(14)21-16/h1-9H,10-11H2,(H,19,20). The minimum Gasteiger partial charge on any atom is -0.451 e. The number of nitrogens with one attached hydrogen (secondary N) is 1. The SMILES string of the molecule is O=C(NCc1ccc(CCl)cc1)c1cc2ccccc2o1. The Morgan fingerprint density at radius 1 is 1.05 bits per heavy atom. The van der Waals surface area contributed by atoms with Gasteiger partial charge in [0.1, 0.15) is 5.58 Å². The van der Waals surface area contributed by atoms with E-state index in [1.807, 2.05) is 48.5 Å². The Bertz CT molecular complexity index is 729. The van der Waals surface area contributed by atoms with Gasteiger partial charge in [-0.25, -0.2) is 0 Å². The number of hydrogen-bond acceptors (Lipinski definition) is 2. The zero-order chi connectivity index (χ0) is 14.7. The number of para-hydroxylation sites is 1. The van der Waals surface area contributed by atoms with E-state index in [0.717, 1.165) is 16.5 Å². The van der Waals surface area contributed by atoms with Gasteiger partial charge in [-0.1, -0.05) is 42.5 Å². The van der Waals surface area contributed by atoms with Crippen molar-refractivity contribution in [2.45, 2.75) is 12.4 Å². The molecule has 0 spiro atoms. The second kappa shape index (κ2) is 6.02. The summed E-state index contributed by atoms with van der Waals surface area (Å²) in [5.74, 6) is 0.604. The summed E-state index contributed by atoms with van der Waals surface area (Å²) in [6.07, 6.45) is 0. The quantitative estimate of drug-likeness (QED) is 0.737. The molecule has 1 N–H and O–H groups in total. The summed E-state index contributed by atoms with van der Waals surface area (Å²) in [5, 5.41) is 3.77. The van der Waals surface area contributed by atoms with Crippen LogP contribution in [0.1, 0.15) is 21.7 Å². The van der Waals surface area contributed by atoms with Gasteiger partial charge in [-0.2, -0.15) is 0 Å². The Kier molecular flexibility index (Phi) is 3.93. The van der Waals surface area contributed by atoms with Crippen LogP contribution < -0.4 is 5.32 Å². The predicted molar refractivity (Wildman–Crippen MR) is 83.4 cm³/mol. The number of alkyl halides is 1. The molecule has 0 atom stereocenters. The third-order valence-corrected chi connectivity index (χ3v) is 3.59. The largest absolute Gasteiger partial charge is 0.451 e. The van der Waals surface area contributed by atoms with E-state index in [9.17, 15) is 4.79 Å². The Morgan fingerprint density at radius 3 is 2.48 bits per heavy atom. The fraction of sp³-hybridized carbons (Fsp3) is 0.118. The van der Waals surface area contributed by atoms with Gasteiger partial charge < -0.3 is 9.73 Å². The van der Waals surface area contributed by atoms with E-state index in [4.69, 9.17) is 16.0 Å². The van der Waals surface area contributed by atoms with Crippen LogP contribution >= 0.6 is 11.6 Å². The maximum Gasteiger partial charge on any atom is 0.287 e. The van der Waals surface area contributed by atoms with Crippen LogP contribution in [0.15, 0.2) is 59.0 Å². The van der Waals surface area contributed by atoms with Gasteiger partial charge in [0.2, 0.25) is 0 Å². The van der Waals surface area contributed by atoms with Crippen LogP contribution in [0.3, 0.4) is 0 Å². The van der Waals surface area contributed by atoms with Crippen molar-refractivity contribution in [1.29, 1.82) is 0 Å². The van der Waals surface area contributed by atoms with E-state index in [1.165, 1.54) is 0 Å². The van der Waals surface area contributed by atoms with Crippen LogP contribution in [-0.2, 0) is 12.4 Å². The van der Waals surface area contributed by atoms with Gasteiger partial charge >= 0.3 is 0 Å². The lowest BCUT2D eigenvalue weighted by molar-refractivity contribution is 0.0925. The molecule has 0 unspecified atom stereocenters. The molecule has 1 heterocycles. The van der Waals surface area contributed by atoms with Gasteiger partial charge in [-0.15, -0.1) is 11.6 Å². The zero-order valence-electron chi connectivity index (χ0n) is 11.3. The molecule has 1 aromatic heterocycles. The third kappa shape index (κ3) is 3.09. The summed E-state index contributed by atoms with van der Waals surface area (Å²) in [4.78, 5) is 12.1. The average Bonchev–Trinajstić information content (AvgIpc) is 2.97. The molecule has 3 rings (SSSR count). The number of benzene rings is 2. The molecule has 0 bridgehead atoms. The van der Waals surface area contributed by atoms with Crippen LogP contribution in [0, 0.1) is 0 Å². The molecular weight excluding hydrogens is 286 g/mol. The summed E-state index contributed by atoms with van der Waals surface area (Å²) in [7, 11) is 0. The smallest absolute Gasteiger partial charge is 0.287 e. The molecule has 0 saturated carbocycles. The molecule has 0 fully saturated rings. The Hall–Kier alpha value is -2.26. The summed E-state index contributed by atoms with van der Waals surface area (Å²) in [5.41, 5.74) is 2.80. The lowest BCUT2D eigenvalue weighted by Gasteiger charge is -2.04. The molecule has 3 nitrogen and oxygen atoms in total. The maximum atomic E-state index is 12.1. The fourth-order valence-corrected chi connectivity index (χ4v) is 2.29. The van der Waals surface area contributed by atoms with E-state index in [-0.39, 0.29) is 5.91 Å². The second-order valence-electron chi connectivity index (χ2n) is 4.78. The number of hydrogen-bond donors (Lipinski definition) is 1. The van der Waals surface area contributed by atoms with Crippen LogP contribution in [-0.4, -0.2) is 5.91 Å². The van der Waals surface area contributed by atoms with Gasteiger partial charge in [0.05, 0.1) is 0 Å². The first-order valence-corrected chi connectivity index (χ1v) is 7.20. The fourth-order valence-electron chi connectivity index (χ4n) is 2.11. The normalized spacial score (nSPS) is 10.7. The molecule has 0 aliphatic carbocycles. The van der Waals surface area contributed by atoms with Gasteiger partial charge in [0.15, 0.2) is 5.76 Å². The highest BCUT2D eigenvalue weighted by atomic mass is 35.5. The molecule has 3 aromatic rings. The minimum absolute atomic E-state index is 0.215. The van der Waals surface area contributed by atoms with Crippen molar-refractivity contribution in [3.63, 3.8) is 0 Å². The van der Waals surface area contributed by atoms with Crippen molar-refractivity contribution in [3.8, 4) is 0 Å². The number of halogens is 1. The zero-order valence-corrected chi connectivity index (χ0v) is 12.1. The molecule has 0 radical (unpaired) electrons.